The van der Waals surface area contributed by atoms with Gasteiger partial charge in [0.15, 0.2) is 6.29 Å². The van der Waals surface area contributed by atoms with Crippen molar-refractivity contribution in [2.45, 2.75) is 52.6 Å². The number of nitrogens with zero attached hydrogens (tertiary/aromatic N) is 3. The van der Waals surface area contributed by atoms with Crippen molar-refractivity contribution in [1.29, 1.82) is 0 Å². The Morgan fingerprint density at radius 2 is 1.83 bits per heavy atom. The summed E-state index contributed by atoms with van der Waals surface area (Å²) in [6.07, 6.45) is -1.86. The van der Waals surface area contributed by atoms with E-state index in [4.69, 9.17) is 4.74 Å². The fourth-order valence-electron chi connectivity index (χ4n) is 2.98. The third-order valence-corrected chi connectivity index (χ3v) is 4.38. The van der Waals surface area contributed by atoms with E-state index < -0.39 is 17.3 Å². The fraction of sp³-hybridized carbons (Fsp3) is 0.875. The molecule has 3 amide bonds. The molecular weight excluding hydrogens is 314 g/mol. The maximum absolute atomic E-state index is 12.5. The van der Waals surface area contributed by atoms with Crippen LogP contribution in [0.3, 0.4) is 0 Å². The van der Waals surface area contributed by atoms with E-state index in [-0.39, 0.29) is 24.7 Å². The number of amides is 3. The summed E-state index contributed by atoms with van der Waals surface area (Å²) in [6.45, 7) is 10.9. The largest absolute Gasteiger partial charge is 0.444 e. The van der Waals surface area contributed by atoms with Crippen LogP contribution < -0.4 is 0 Å². The van der Waals surface area contributed by atoms with Crippen LogP contribution in [-0.4, -0.2) is 87.7 Å². The first-order valence-electron chi connectivity index (χ1n) is 8.30. The van der Waals surface area contributed by atoms with Crippen molar-refractivity contribution < 1.29 is 24.5 Å². The van der Waals surface area contributed by atoms with Gasteiger partial charge >= 0.3 is 12.1 Å². The number of aliphatic hydroxyl groups excluding tert-OH is 1. The molecule has 0 spiro atoms. The van der Waals surface area contributed by atoms with Crippen LogP contribution in [0.2, 0.25) is 0 Å². The molecule has 0 saturated carbocycles. The maximum atomic E-state index is 12.5. The highest BCUT2D eigenvalue weighted by Gasteiger charge is 2.44. The number of fused-ring (bicyclic) bond motifs is 1. The molecule has 0 aromatic heterocycles. The Hall–Kier alpha value is -1.54. The molecule has 138 valence electrons. The maximum Gasteiger partial charge on any atom is 0.410 e. The van der Waals surface area contributed by atoms with Crippen LogP contribution in [0, 0.1) is 5.41 Å². The summed E-state index contributed by atoms with van der Waals surface area (Å²) in [7, 11) is 0. The van der Waals surface area contributed by atoms with Crippen LogP contribution in [0.15, 0.2) is 0 Å². The van der Waals surface area contributed by atoms with Gasteiger partial charge in [-0.3, -0.25) is 0 Å². The molecule has 2 N–H and O–H groups in total. The molecule has 8 heteroatoms. The van der Waals surface area contributed by atoms with Crippen LogP contribution in [-0.2, 0) is 4.74 Å². The quantitative estimate of drug-likeness (QED) is 0.735. The third-order valence-electron chi connectivity index (χ3n) is 4.38. The molecule has 2 fully saturated rings. The molecular formula is C16H29N3O5. The molecule has 0 unspecified atom stereocenters. The second-order valence-corrected chi connectivity index (χ2v) is 8.30. The number of carbonyl (C=O) groups is 2. The van der Waals surface area contributed by atoms with Gasteiger partial charge in [0.2, 0.25) is 0 Å². The van der Waals surface area contributed by atoms with Gasteiger partial charge in [0.1, 0.15) is 5.60 Å². The zero-order valence-corrected chi connectivity index (χ0v) is 15.2. The topological polar surface area (TPSA) is 93.6 Å². The highest BCUT2D eigenvalue weighted by atomic mass is 16.6. The van der Waals surface area contributed by atoms with Gasteiger partial charge in [0, 0.05) is 38.1 Å². The molecule has 2 aliphatic heterocycles. The number of piperazine rings is 1. The molecule has 2 aliphatic rings. The highest BCUT2D eigenvalue weighted by molar-refractivity contribution is 5.78. The van der Waals surface area contributed by atoms with Crippen molar-refractivity contribution in [2.75, 3.05) is 32.7 Å². The van der Waals surface area contributed by atoms with E-state index in [1.54, 1.807) is 28.5 Å². The summed E-state index contributed by atoms with van der Waals surface area (Å²) in [4.78, 5) is 29.7. The second kappa shape index (κ2) is 6.40. The molecule has 1 atom stereocenters. The van der Waals surface area contributed by atoms with Crippen LogP contribution in [0.4, 0.5) is 9.59 Å². The van der Waals surface area contributed by atoms with Gasteiger partial charge in [-0.05, 0) is 20.8 Å². The van der Waals surface area contributed by atoms with E-state index in [0.29, 0.717) is 26.2 Å². The molecule has 24 heavy (non-hydrogen) atoms. The summed E-state index contributed by atoms with van der Waals surface area (Å²) in [5.74, 6) is 0. The number of aliphatic hydroxyl groups is 2. The number of hydrogen-bond acceptors (Lipinski definition) is 5. The van der Waals surface area contributed by atoms with E-state index in [2.05, 4.69) is 0 Å². The minimum absolute atomic E-state index is 0.0922. The molecule has 2 saturated heterocycles. The molecule has 2 heterocycles. The number of carbonyl (C=O) groups excluding carboxylic acids is 2. The van der Waals surface area contributed by atoms with Gasteiger partial charge in [0.25, 0.3) is 0 Å². The van der Waals surface area contributed by atoms with Gasteiger partial charge in [-0.15, -0.1) is 0 Å². The average molecular weight is 343 g/mol. The molecule has 0 aromatic carbocycles. The number of rotatable bonds is 3. The van der Waals surface area contributed by atoms with Crippen molar-refractivity contribution in [1.82, 2.24) is 14.7 Å². The number of ether oxygens (including phenoxy) is 1. The lowest BCUT2D eigenvalue weighted by Crippen LogP contribution is -2.54. The predicted octanol–water partition coefficient (Wildman–Crippen LogP) is 0.680. The number of hydrogen-bond donors (Lipinski definition) is 2. The van der Waals surface area contributed by atoms with Crippen molar-refractivity contribution in [3.8, 4) is 0 Å². The van der Waals surface area contributed by atoms with Crippen LogP contribution >= 0.6 is 0 Å². The lowest BCUT2D eigenvalue weighted by Gasteiger charge is -2.37. The molecule has 0 aromatic rings. The predicted molar refractivity (Wildman–Crippen MR) is 87.3 cm³/mol. The summed E-state index contributed by atoms with van der Waals surface area (Å²) >= 11 is 0. The van der Waals surface area contributed by atoms with Gasteiger partial charge in [-0.25, -0.2) is 9.59 Å². The van der Waals surface area contributed by atoms with Crippen LogP contribution in [0.5, 0.6) is 0 Å². The lowest BCUT2D eigenvalue weighted by molar-refractivity contribution is -0.126. The zero-order chi connectivity index (χ0) is 18.3. The molecule has 2 rings (SSSR count). The van der Waals surface area contributed by atoms with Gasteiger partial charge in [-0.1, -0.05) is 13.8 Å². The first-order chi connectivity index (χ1) is 10.9. The normalized spacial score (nSPS) is 22.2. The first kappa shape index (κ1) is 18.8. The number of urea groups is 1. The monoisotopic (exact) mass is 343 g/mol. The highest BCUT2D eigenvalue weighted by Crippen LogP contribution is 2.27. The van der Waals surface area contributed by atoms with Crippen LogP contribution in [0.1, 0.15) is 34.6 Å². The lowest BCUT2D eigenvalue weighted by atomic mass is 9.92. The van der Waals surface area contributed by atoms with Crippen molar-refractivity contribution in [3.63, 3.8) is 0 Å². The summed E-state index contributed by atoms with van der Waals surface area (Å²) in [6, 6.07) is -0.206. The Labute approximate surface area is 143 Å². The third kappa shape index (κ3) is 4.10. The van der Waals surface area contributed by atoms with E-state index in [9.17, 15) is 19.8 Å². The van der Waals surface area contributed by atoms with E-state index in [1.807, 2.05) is 20.8 Å². The molecule has 0 aliphatic carbocycles. The molecule has 0 bridgehead atoms. The van der Waals surface area contributed by atoms with Gasteiger partial charge in [-0.2, -0.15) is 0 Å². The average Bonchev–Trinajstić information content (AvgIpc) is 2.72. The summed E-state index contributed by atoms with van der Waals surface area (Å²) < 4.78 is 5.40. The van der Waals surface area contributed by atoms with Crippen LogP contribution in [0.25, 0.3) is 0 Å². The van der Waals surface area contributed by atoms with Crippen molar-refractivity contribution >= 4 is 12.1 Å². The van der Waals surface area contributed by atoms with Crippen molar-refractivity contribution in [3.05, 3.63) is 0 Å². The standard InChI is InChI=1S/C16H29N3O5/c1-15(2,3)24-14(23)17-6-7-19-11(8-17)9-18(13(19)22)10-16(4,5)12(20)21/h11-12,20-21H,6-10H2,1-5H3/t11-/m0/s1. The SMILES string of the molecule is CC(C)(C)OC(=O)N1CCN2C(=O)N(CC(C)(C)C(O)O)C[C@@H]2C1. The van der Waals surface area contributed by atoms with E-state index in [0.717, 1.165) is 0 Å². The Kier molecular flexibility index (Phi) is 5.01. The molecule has 0 radical (unpaired) electrons. The summed E-state index contributed by atoms with van der Waals surface area (Å²) in [5.41, 5.74) is -1.36. The van der Waals surface area contributed by atoms with Gasteiger partial charge in [0.05, 0.1) is 6.04 Å². The zero-order valence-electron chi connectivity index (χ0n) is 15.2. The Bertz CT molecular complexity index is 500. The van der Waals surface area contributed by atoms with E-state index >= 15 is 0 Å². The summed E-state index contributed by atoms with van der Waals surface area (Å²) in [5, 5.41) is 18.9. The van der Waals surface area contributed by atoms with Crippen molar-refractivity contribution in [2.24, 2.45) is 5.41 Å². The van der Waals surface area contributed by atoms with Gasteiger partial charge < -0.3 is 29.6 Å². The first-order valence-corrected chi connectivity index (χ1v) is 8.30. The minimum atomic E-state index is -1.50. The Morgan fingerprint density at radius 3 is 2.38 bits per heavy atom. The Morgan fingerprint density at radius 1 is 1.21 bits per heavy atom. The fourth-order valence-corrected chi connectivity index (χ4v) is 2.98. The minimum Gasteiger partial charge on any atom is -0.444 e. The van der Waals surface area contributed by atoms with E-state index in [1.165, 1.54) is 0 Å². The smallest absolute Gasteiger partial charge is 0.410 e. The second-order valence-electron chi connectivity index (χ2n) is 8.30. The molecule has 8 nitrogen and oxygen atoms in total. The Balaban J connectivity index is 1.99.